The van der Waals surface area contributed by atoms with E-state index in [1.807, 2.05) is 30.3 Å². The molecule has 0 saturated carbocycles. The van der Waals surface area contributed by atoms with Crippen molar-refractivity contribution in [3.63, 3.8) is 0 Å². The van der Waals surface area contributed by atoms with Crippen LogP contribution in [0.25, 0.3) is 0 Å². The van der Waals surface area contributed by atoms with Gasteiger partial charge in [0.05, 0.1) is 13.0 Å². The lowest BCUT2D eigenvalue weighted by Crippen LogP contribution is -2.34. The normalized spacial score (nSPS) is 17.9. The molecule has 2 aromatic rings. The summed E-state index contributed by atoms with van der Waals surface area (Å²) in [6, 6.07) is 14.5. The van der Waals surface area contributed by atoms with Crippen LogP contribution in [0.1, 0.15) is 12.0 Å². The van der Waals surface area contributed by atoms with Crippen molar-refractivity contribution in [3.8, 4) is 0 Å². The van der Waals surface area contributed by atoms with Crippen LogP contribution in [0.15, 0.2) is 54.6 Å². The Balaban J connectivity index is 1.70. The Labute approximate surface area is 127 Å². The van der Waals surface area contributed by atoms with E-state index in [-0.39, 0.29) is 30.6 Å². The van der Waals surface area contributed by atoms with E-state index in [0.29, 0.717) is 5.69 Å². The molecular weight excluding hydrogens is 283 g/mol. The first-order chi connectivity index (χ1) is 10.6. The molecule has 1 heterocycles. The molecule has 0 spiro atoms. The van der Waals surface area contributed by atoms with Crippen LogP contribution in [0, 0.1) is 5.82 Å². The monoisotopic (exact) mass is 298 g/mol. The highest BCUT2D eigenvalue weighted by atomic mass is 19.1. The van der Waals surface area contributed by atoms with E-state index in [1.165, 1.54) is 17.0 Å². The number of nitrogens with zero attached hydrogens (tertiary/aromatic N) is 1. The summed E-state index contributed by atoms with van der Waals surface area (Å²) in [6.07, 6.45) is 0.114. The van der Waals surface area contributed by atoms with Crippen LogP contribution >= 0.6 is 0 Å². The number of amides is 2. The summed E-state index contributed by atoms with van der Waals surface area (Å²) in [7, 11) is 0. The zero-order valence-corrected chi connectivity index (χ0v) is 11.8. The van der Waals surface area contributed by atoms with E-state index in [0.717, 1.165) is 5.56 Å². The van der Waals surface area contributed by atoms with Crippen molar-refractivity contribution in [2.45, 2.75) is 19.0 Å². The zero-order chi connectivity index (χ0) is 15.5. The molecule has 22 heavy (non-hydrogen) atoms. The predicted octanol–water partition coefficient (Wildman–Crippen LogP) is 2.57. The van der Waals surface area contributed by atoms with E-state index in [9.17, 15) is 14.0 Å². The van der Waals surface area contributed by atoms with Gasteiger partial charge in [0.1, 0.15) is 11.9 Å². The van der Waals surface area contributed by atoms with E-state index in [4.69, 9.17) is 0 Å². The van der Waals surface area contributed by atoms with Gasteiger partial charge in [0.25, 0.3) is 5.91 Å². The fourth-order valence-corrected chi connectivity index (χ4v) is 2.48. The molecule has 3 rings (SSSR count). The summed E-state index contributed by atoms with van der Waals surface area (Å²) in [5.41, 5.74) is 1.53. The number of rotatable bonds is 4. The first-order valence-electron chi connectivity index (χ1n) is 7.04. The van der Waals surface area contributed by atoms with Crippen LogP contribution in [0.2, 0.25) is 0 Å². The highest BCUT2D eigenvalue weighted by Gasteiger charge is 2.38. The molecule has 0 radical (unpaired) electrons. The summed E-state index contributed by atoms with van der Waals surface area (Å²) < 4.78 is 12.9. The molecule has 2 amide bonds. The third-order valence-electron chi connectivity index (χ3n) is 3.61. The standard InChI is InChI=1S/C17H15FN2O2/c18-13-6-8-14(9-7-13)19-15-10-16(21)20(17(15)22)11-12-4-2-1-3-5-12/h1-9,15,19H,10-11H2. The van der Waals surface area contributed by atoms with Gasteiger partial charge in [-0.2, -0.15) is 0 Å². The van der Waals surface area contributed by atoms with Gasteiger partial charge in [0.15, 0.2) is 0 Å². The smallest absolute Gasteiger partial charge is 0.252 e. The maximum atomic E-state index is 12.9. The van der Waals surface area contributed by atoms with Crippen LogP contribution in [0.3, 0.4) is 0 Å². The molecule has 2 aromatic carbocycles. The molecular formula is C17H15FN2O2. The Hall–Kier alpha value is -2.69. The second-order valence-electron chi connectivity index (χ2n) is 5.21. The van der Waals surface area contributed by atoms with Crippen molar-refractivity contribution in [3.05, 3.63) is 66.0 Å². The third-order valence-corrected chi connectivity index (χ3v) is 3.61. The molecule has 0 bridgehead atoms. The summed E-state index contributed by atoms with van der Waals surface area (Å²) in [4.78, 5) is 25.7. The SMILES string of the molecule is O=C1CC(Nc2ccc(F)cc2)C(=O)N1Cc1ccccc1. The number of imide groups is 1. The summed E-state index contributed by atoms with van der Waals surface area (Å²) in [5, 5.41) is 2.99. The predicted molar refractivity (Wildman–Crippen MR) is 80.4 cm³/mol. The van der Waals surface area contributed by atoms with Crippen molar-refractivity contribution < 1.29 is 14.0 Å². The van der Waals surface area contributed by atoms with E-state index < -0.39 is 6.04 Å². The number of benzene rings is 2. The average Bonchev–Trinajstić information content (AvgIpc) is 2.78. The second kappa shape index (κ2) is 5.97. The Kier molecular flexibility index (Phi) is 3.87. The Morgan fingerprint density at radius 1 is 1.05 bits per heavy atom. The maximum Gasteiger partial charge on any atom is 0.252 e. The molecule has 1 aliphatic rings. The van der Waals surface area contributed by atoms with Crippen LogP contribution in [0.5, 0.6) is 0 Å². The summed E-state index contributed by atoms with van der Waals surface area (Å²) in [5.74, 6) is -0.795. The summed E-state index contributed by atoms with van der Waals surface area (Å²) >= 11 is 0. The second-order valence-corrected chi connectivity index (χ2v) is 5.21. The molecule has 1 fully saturated rings. The van der Waals surface area contributed by atoms with Gasteiger partial charge in [0.2, 0.25) is 5.91 Å². The molecule has 1 saturated heterocycles. The van der Waals surface area contributed by atoms with Gasteiger partial charge in [-0.25, -0.2) is 4.39 Å². The number of carbonyl (C=O) groups is 2. The van der Waals surface area contributed by atoms with Crippen LogP contribution in [-0.4, -0.2) is 22.8 Å². The van der Waals surface area contributed by atoms with Gasteiger partial charge in [-0.05, 0) is 29.8 Å². The highest BCUT2D eigenvalue weighted by Crippen LogP contribution is 2.20. The maximum absolute atomic E-state index is 12.9. The lowest BCUT2D eigenvalue weighted by Gasteiger charge is -2.16. The largest absolute Gasteiger partial charge is 0.373 e. The molecule has 0 aliphatic carbocycles. The first kappa shape index (κ1) is 14.3. The van der Waals surface area contributed by atoms with E-state index >= 15 is 0 Å². The Bertz CT molecular complexity index is 686. The lowest BCUT2D eigenvalue weighted by atomic mass is 10.2. The minimum Gasteiger partial charge on any atom is -0.373 e. The number of hydrogen-bond acceptors (Lipinski definition) is 3. The molecule has 4 nitrogen and oxygen atoms in total. The molecule has 1 unspecified atom stereocenters. The third kappa shape index (κ3) is 2.98. The van der Waals surface area contributed by atoms with Crippen molar-refractivity contribution in [2.24, 2.45) is 0 Å². The molecule has 112 valence electrons. The van der Waals surface area contributed by atoms with Gasteiger partial charge in [-0.15, -0.1) is 0 Å². The average molecular weight is 298 g/mol. The molecule has 1 atom stereocenters. The van der Waals surface area contributed by atoms with Crippen LogP contribution in [-0.2, 0) is 16.1 Å². The lowest BCUT2D eigenvalue weighted by molar-refractivity contribution is -0.139. The van der Waals surface area contributed by atoms with Gasteiger partial charge >= 0.3 is 0 Å². The first-order valence-corrected chi connectivity index (χ1v) is 7.04. The Morgan fingerprint density at radius 3 is 2.41 bits per heavy atom. The fraction of sp³-hybridized carbons (Fsp3) is 0.176. The van der Waals surface area contributed by atoms with Gasteiger partial charge < -0.3 is 5.32 Å². The van der Waals surface area contributed by atoms with E-state index in [1.54, 1.807) is 12.1 Å². The quantitative estimate of drug-likeness (QED) is 0.883. The highest BCUT2D eigenvalue weighted by molar-refractivity contribution is 6.06. The molecule has 0 aromatic heterocycles. The number of anilines is 1. The van der Waals surface area contributed by atoms with Gasteiger partial charge in [0, 0.05) is 5.69 Å². The van der Waals surface area contributed by atoms with Crippen molar-refractivity contribution >= 4 is 17.5 Å². The fourth-order valence-electron chi connectivity index (χ4n) is 2.48. The van der Waals surface area contributed by atoms with Crippen molar-refractivity contribution in [1.29, 1.82) is 0 Å². The topological polar surface area (TPSA) is 49.4 Å². The molecule has 5 heteroatoms. The molecule has 1 N–H and O–H groups in total. The van der Waals surface area contributed by atoms with Crippen molar-refractivity contribution in [2.75, 3.05) is 5.32 Å². The summed E-state index contributed by atoms with van der Waals surface area (Å²) in [6.45, 7) is 0.278. The van der Waals surface area contributed by atoms with Crippen molar-refractivity contribution in [1.82, 2.24) is 4.90 Å². The van der Waals surface area contributed by atoms with Crippen LogP contribution < -0.4 is 5.32 Å². The number of halogens is 1. The Morgan fingerprint density at radius 2 is 1.73 bits per heavy atom. The van der Waals surface area contributed by atoms with Gasteiger partial charge in [-0.1, -0.05) is 30.3 Å². The van der Waals surface area contributed by atoms with Gasteiger partial charge in [-0.3, -0.25) is 14.5 Å². The number of likely N-dealkylation sites (tertiary alicyclic amines) is 1. The molecule has 1 aliphatic heterocycles. The van der Waals surface area contributed by atoms with Crippen LogP contribution in [0.4, 0.5) is 10.1 Å². The van der Waals surface area contributed by atoms with E-state index in [2.05, 4.69) is 5.32 Å². The number of hydrogen-bond donors (Lipinski definition) is 1. The zero-order valence-electron chi connectivity index (χ0n) is 11.8. The number of carbonyl (C=O) groups excluding carboxylic acids is 2. The minimum absolute atomic E-state index is 0.114. The number of nitrogens with one attached hydrogen (secondary N) is 1. The minimum atomic E-state index is -0.596.